The molecule has 2 aliphatic heterocycles. The molecule has 2 aromatic heterocycles. The molecule has 3 aromatic rings. The van der Waals surface area contributed by atoms with Crippen molar-refractivity contribution < 1.29 is 13.9 Å². The lowest BCUT2D eigenvalue weighted by Crippen LogP contribution is -2.41. The third kappa shape index (κ3) is 3.14. The van der Waals surface area contributed by atoms with Crippen LogP contribution in [0.5, 0.6) is 5.88 Å². The molecule has 0 spiro atoms. The Labute approximate surface area is 171 Å². The van der Waals surface area contributed by atoms with Crippen molar-refractivity contribution in [2.45, 2.75) is 19.0 Å². The Morgan fingerprint density at radius 1 is 1.24 bits per heavy atom. The summed E-state index contributed by atoms with van der Waals surface area (Å²) in [5, 5.41) is 0.172. The van der Waals surface area contributed by atoms with Gasteiger partial charge in [-0.05, 0) is 12.0 Å². The summed E-state index contributed by atoms with van der Waals surface area (Å²) >= 11 is 6.09. The summed E-state index contributed by atoms with van der Waals surface area (Å²) < 4.78 is 28.2. The van der Waals surface area contributed by atoms with Crippen LogP contribution in [0.4, 0.5) is 10.1 Å². The maximum Gasteiger partial charge on any atom is 0.253 e. The van der Waals surface area contributed by atoms with Crippen LogP contribution in [0.15, 0.2) is 41.2 Å². The minimum absolute atomic E-state index is 0.0823. The van der Waals surface area contributed by atoms with Gasteiger partial charge in [-0.3, -0.25) is 4.79 Å². The Kier molecular flexibility index (Phi) is 4.64. The highest BCUT2D eigenvalue weighted by molar-refractivity contribution is 6.30. The van der Waals surface area contributed by atoms with Crippen molar-refractivity contribution >= 4 is 28.2 Å². The van der Waals surface area contributed by atoms with Crippen LogP contribution in [0, 0.1) is 5.82 Å². The average molecular weight is 416 g/mol. The summed E-state index contributed by atoms with van der Waals surface area (Å²) in [5.74, 6) is -0.468. The zero-order valence-corrected chi connectivity index (χ0v) is 16.4. The summed E-state index contributed by atoms with van der Waals surface area (Å²) in [5.41, 5.74) is 1.33. The molecule has 29 heavy (non-hydrogen) atoms. The summed E-state index contributed by atoms with van der Waals surface area (Å²) in [6.07, 6.45) is 0.809. The lowest BCUT2D eigenvalue weighted by Gasteiger charge is -2.29. The maximum absolute atomic E-state index is 15.2. The molecule has 1 fully saturated rings. The molecule has 4 heterocycles. The van der Waals surface area contributed by atoms with E-state index in [9.17, 15) is 4.79 Å². The molecule has 1 saturated heterocycles. The molecular weight excluding hydrogens is 397 g/mol. The molecule has 1 atom stereocenters. The molecule has 2 aliphatic rings. The highest BCUT2D eigenvalue weighted by Gasteiger charge is 2.32. The predicted molar refractivity (Wildman–Crippen MR) is 109 cm³/mol. The van der Waals surface area contributed by atoms with Crippen LogP contribution in [-0.4, -0.2) is 42.0 Å². The fourth-order valence-corrected chi connectivity index (χ4v) is 4.24. The van der Waals surface area contributed by atoms with Crippen molar-refractivity contribution in [2.75, 3.05) is 31.3 Å². The van der Waals surface area contributed by atoms with Gasteiger partial charge in [-0.1, -0.05) is 41.9 Å². The van der Waals surface area contributed by atoms with Gasteiger partial charge in [0.25, 0.3) is 5.56 Å². The number of anilines is 1. The molecule has 0 aliphatic carbocycles. The topological polar surface area (TPSA) is 56.6 Å². The zero-order chi connectivity index (χ0) is 20.0. The van der Waals surface area contributed by atoms with E-state index in [2.05, 4.69) is 9.88 Å². The average Bonchev–Trinajstić information content (AvgIpc) is 3.03. The van der Waals surface area contributed by atoms with E-state index in [1.54, 1.807) is 6.07 Å². The molecule has 0 unspecified atom stereocenters. The molecule has 0 saturated carbocycles. The standard InChI is InChI=1S/C21H19ClFN3O3/c22-20-18(23)19-17-15(9-16(27)26(19)10-13-5-2-1-3-6-13)25-7-4-8-28-11-14(25)12-29-21(17)24-20/h1-3,5-6,9,14H,4,7-8,10-12H2/t14-/m0/s1. The third-order valence-electron chi connectivity index (χ3n) is 5.44. The van der Waals surface area contributed by atoms with E-state index in [4.69, 9.17) is 21.1 Å². The Hall–Kier alpha value is -2.64. The summed E-state index contributed by atoms with van der Waals surface area (Å²) in [6, 6.07) is 10.9. The first-order chi connectivity index (χ1) is 14.1. The number of aromatic nitrogens is 2. The molecule has 150 valence electrons. The van der Waals surface area contributed by atoms with Gasteiger partial charge in [-0.2, -0.15) is 4.98 Å². The largest absolute Gasteiger partial charge is 0.475 e. The lowest BCUT2D eigenvalue weighted by atomic mass is 10.1. The van der Waals surface area contributed by atoms with Gasteiger partial charge in [-0.15, -0.1) is 0 Å². The van der Waals surface area contributed by atoms with Crippen LogP contribution in [0.3, 0.4) is 0 Å². The molecule has 1 aromatic carbocycles. The van der Waals surface area contributed by atoms with Crippen molar-refractivity contribution in [3.63, 3.8) is 0 Å². The summed E-state index contributed by atoms with van der Waals surface area (Å²) in [4.78, 5) is 19.3. The molecule has 6 nitrogen and oxygen atoms in total. The predicted octanol–water partition coefficient (Wildman–Crippen LogP) is 3.23. The van der Waals surface area contributed by atoms with E-state index >= 15 is 4.39 Å². The van der Waals surface area contributed by atoms with Crippen LogP contribution >= 0.6 is 11.6 Å². The number of benzene rings is 1. The summed E-state index contributed by atoms with van der Waals surface area (Å²) in [6.45, 7) is 2.35. The van der Waals surface area contributed by atoms with Gasteiger partial charge < -0.3 is 18.9 Å². The minimum Gasteiger partial charge on any atom is -0.475 e. The van der Waals surface area contributed by atoms with E-state index in [1.165, 1.54) is 4.57 Å². The molecule has 0 amide bonds. The number of pyridine rings is 2. The van der Waals surface area contributed by atoms with Gasteiger partial charge in [0.05, 0.1) is 35.8 Å². The Balaban J connectivity index is 1.79. The number of rotatable bonds is 2. The third-order valence-corrected chi connectivity index (χ3v) is 5.69. The second kappa shape index (κ2) is 7.31. The monoisotopic (exact) mass is 415 g/mol. The van der Waals surface area contributed by atoms with Crippen molar-refractivity contribution in [2.24, 2.45) is 0 Å². The molecule has 0 radical (unpaired) electrons. The van der Waals surface area contributed by atoms with E-state index < -0.39 is 5.82 Å². The fourth-order valence-electron chi connectivity index (χ4n) is 4.08. The van der Waals surface area contributed by atoms with Gasteiger partial charge in [0.1, 0.15) is 6.61 Å². The highest BCUT2D eigenvalue weighted by Crippen LogP contribution is 2.39. The van der Waals surface area contributed by atoms with Crippen molar-refractivity contribution in [3.05, 3.63) is 63.3 Å². The van der Waals surface area contributed by atoms with Gasteiger partial charge in [0, 0.05) is 19.2 Å². The van der Waals surface area contributed by atoms with Crippen molar-refractivity contribution in [3.8, 4) is 5.88 Å². The van der Waals surface area contributed by atoms with Gasteiger partial charge in [0.2, 0.25) is 5.88 Å². The SMILES string of the molecule is O=c1cc2c3c(nc(Cl)c(F)c3n1Cc1ccccc1)OC[C@@H]1COCCCN21. The fraction of sp³-hybridized carbons (Fsp3) is 0.333. The molecule has 5 rings (SSSR count). The zero-order valence-electron chi connectivity index (χ0n) is 15.6. The molecule has 0 bridgehead atoms. The number of hydrogen-bond donors (Lipinski definition) is 0. The van der Waals surface area contributed by atoms with Gasteiger partial charge in [-0.25, -0.2) is 4.39 Å². The van der Waals surface area contributed by atoms with Gasteiger partial charge in [0.15, 0.2) is 11.0 Å². The lowest BCUT2D eigenvalue weighted by molar-refractivity contribution is 0.119. The van der Waals surface area contributed by atoms with E-state index in [1.807, 2.05) is 30.3 Å². The first-order valence-electron chi connectivity index (χ1n) is 9.57. The maximum atomic E-state index is 15.2. The van der Waals surface area contributed by atoms with Crippen LogP contribution in [0.2, 0.25) is 5.15 Å². The quantitative estimate of drug-likeness (QED) is 0.601. The number of ether oxygens (including phenoxy) is 2. The van der Waals surface area contributed by atoms with Crippen LogP contribution in [0.1, 0.15) is 12.0 Å². The van der Waals surface area contributed by atoms with Crippen LogP contribution in [-0.2, 0) is 11.3 Å². The molecule has 0 N–H and O–H groups in total. The first-order valence-corrected chi connectivity index (χ1v) is 9.95. The van der Waals surface area contributed by atoms with E-state index in [-0.39, 0.29) is 34.7 Å². The second-order valence-electron chi connectivity index (χ2n) is 7.27. The van der Waals surface area contributed by atoms with Crippen molar-refractivity contribution in [1.29, 1.82) is 0 Å². The Morgan fingerprint density at radius 3 is 2.90 bits per heavy atom. The smallest absolute Gasteiger partial charge is 0.253 e. The Morgan fingerprint density at radius 2 is 2.07 bits per heavy atom. The van der Waals surface area contributed by atoms with E-state index in [0.29, 0.717) is 37.4 Å². The number of fused-ring (bicyclic) bond motifs is 2. The van der Waals surface area contributed by atoms with Gasteiger partial charge >= 0.3 is 0 Å². The molecule has 8 heteroatoms. The minimum atomic E-state index is -0.714. The number of halogens is 2. The second-order valence-corrected chi connectivity index (χ2v) is 7.63. The normalized spacial score (nSPS) is 18.7. The van der Waals surface area contributed by atoms with Crippen molar-refractivity contribution in [1.82, 2.24) is 9.55 Å². The first kappa shape index (κ1) is 18.4. The highest BCUT2D eigenvalue weighted by atomic mass is 35.5. The number of nitrogens with zero attached hydrogens (tertiary/aromatic N) is 3. The molecular formula is C21H19ClFN3O3. The summed E-state index contributed by atoms with van der Waals surface area (Å²) in [7, 11) is 0. The van der Waals surface area contributed by atoms with Crippen LogP contribution in [0.25, 0.3) is 10.9 Å². The van der Waals surface area contributed by atoms with E-state index in [0.717, 1.165) is 12.0 Å². The number of hydrogen-bond acceptors (Lipinski definition) is 5. The Bertz CT molecular complexity index is 1140. The van der Waals surface area contributed by atoms with Crippen LogP contribution < -0.4 is 15.2 Å².